The molecule has 35 heteroatoms. The number of benzene rings is 5. The predicted octanol–water partition coefficient (Wildman–Crippen LogP) is 12.0. The van der Waals surface area contributed by atoms with Crippen molar-refractivity contribution in [2.75, 3.05) is 85.4 Å². The van der Waals surface area contributed by atoms with Crippen molar-refractivity contribution < 1.29 is 52.5 Å². The number of nitrogens with one attached hydrogen (secondary N) is 4. The highest BCUT2D eigenvalue weighted by Gasteiger charge is 2.12. The number of halogens is 2. The molecule has 122 heavy (non-hydrogen) atoms. The van der Waals surface area contributed by atoms with Gasteiger partial charge in [0.05, 0.1) is 67.3 Å². The molecule has 7 heterocycles. The zero-order valence-corrected chi connectivity index (χ0v) is 70.0. The maximum Gasteiger partial charge on any atom is 0.337 e. The Morgan fingerprint density at radius 2 is 0.934 bits per heavy atom. The third-order valence-corrected chi connectivity index (χ3v) is 15.5. The van der Waals surface area contributed by atoms with Crippen LogP contribution in [-0.4, -0.2) is 177 Å². The maximum absolute atomic E-state index is 12.4. The second kappa shape index (κ2) is 58.3. The molecular weight excluding hydrogens is 1600 g/mol. The summed E-state index contributed by atoms with van der Waals surface area (Å²) in [5.74, 6) is -0.151. The van der Waals surface area contributed by atoms with Gasteiger partial charge in [0.15, 0.2) is 17.5 Å². The number of methoxy groups -OCH3 is 5. The number of ether oxygens (including phenoxy) is 5. The summed E-state index contributed by atoms with van der Waals surface area (Å²) in [7, 11) is 14.8. The van der Waals surface area contributed by atoms with Gasteiger partial charge in [-0.05, 0) is 171 Å². The normalized spacial score (nSPS) is 9.75. The van der Waals surface area contributed by atoms with Crippen LogP contribution in [0.3, 0.4) is 0 Å². The van der Waals surface area contributed by atoms with E-state index < -0.39 is 0 Å². The summed E-state index contributed by atoms with van der Waals surface area (Å²) in [4.78, 5) is 109. The number of Topliss-reactive ketones (excluding diaryl/α,β-unsaturated/α-hetero) is 1. The summed E-state index contributed by atoms with van der Waals surface area (Å²) in [6.07, 6.45) is 23.0. The molecule has 12 rings (SSSR count). The molecule has 5 aromatic carbocycles. The van der Waals surface area contributed by atoms with Crippen molar-refractivity contribution >= 4 is 95.4 Å². The molecule has 0 fully saturated rings. The van der Waals surface area contributed by atoms with Crippen LogP contribution in [0.25, 0.3) is 22.5 Å². The first kappa shape index (κ1) is 103. The van der Waals surface area contributed by atoms with Gasteiger partial charge < -0.3 is 73.2 Å². The fraction of sp³-hybridized carbons (Fsp3) is 0.184. The van der Waals surface area contributed by atoms with Crippen molar-refractivity contribution in [1.29, 1.82) is 5.41 Å². The molecule has 7 aromatic heterocycles. The Kier molecular flexibility index (Phi) is 49.4. The number of rotatable bonds is 23. The van der Waals surface area contributed by atoms with E-state index in [4.69, 9.17) is 43.6 Å². The van der Waals surface area contributed by atoms with E-state index in [0.717, 1.165) is 44.8 Å². The molecule has 0 radical (unpaired) electrons. The number of aromatic nitrogens is 10. The van der Waals surface area contributed by atoms with Crippen molar-refractivity contribution in [2.45, 2.75) is 46.9 Å². The number of amides is 1. The Balaban J connectivity index is 0.000000494. The fourth-order valence-electron chi connectivity index (χ4n) is 9.32. The van der Waals surface area contributed by atoms with Crippen molar-refractivity contribution in [3.63, 3.8) is 0 Å². The summed E-state index contributed by atoms with van der Waals surface area (Å²) >= 11 is 0. The van der Waals surface area contributed by atoms with Gasteiger partial charge in [-0.1, -0.05) is 68.1 Å². The van der Waals surface area contributed by atoms with E-state index in [-0.39, 0.29) is 86.0 Å². The number of anilines is 4. The second-order valence-electron chi connectivity index (χ2n) is 24.7. The van der Waals surface area contributed by atoms with Crippen LogP contribution in [0.4, 0.5) is 23.3 Å². The Morgan fingerprint density at radius 1 is 0.508 bits per heavy atom. The third kappa shape index (κ3) is 39.1. The van der Waals surface area contributed by atoms with Crippen LogP contribution in [0, 0.1) is 5.41 Å². The van der Waals surface area contributed by atoms with Gasteiger partial charge in [0.25, 0.3) is 5.91 Å². The molecule has 0 atom stereocenters. The van der Waals surface area contributed by atoms with Crippen molar-refractivity contribution in [3.05, 3.63) is 330 Å². The van der Waals surface area contributed by atoms with Crippen LogP contribution in [0.15, 0.2) is 280 Å². The molecule has 642 valence electrons. The number of hydrogen-bond donors (Lipinski definition) is 9. The molecule has 12 aromatic rings. The first-order valence-corrected chi connectivity index (χ1v) is 36.1. The molecule has 0 aliphatic rings. The lowest BCUT2D eigenvalue weighted by atomic mass is 10.1. The van der Waals surface area contributed by atoms with E-state index in [2.05, 4.69) is 80.1 Å². The zero-order chi connectivity index (χ0) is 86.7. The number of esters is 3. The number of aliphatic imine (C=N–C) groups is 1. The van der Waals surface area contributed by atoms with Crippen LogP contribution in [0.2, 0.25) is 0 Å². The number of nitrogens with two attached hydrogens (primary N) is 5. The van der Waals surface area contributed by atoms with E-state index in [9.17, 15) is 28.8 Å². The van der Waals surface area contributed by atoms with E-state index >= 15 is 0 Å². The predicted molar refractivity (Wildman–Crippen MR) is 479 cm³/mol. The van der Waals surface area contributed by atoms with E-state index in [1.54, 1.807) is 198 Å². The average Bonchev–Trinajstić information content (AvgIpc) is 0.901. The minimum absolute atomic E-state index is 0. The van der Waals surface area contributed by atoms with Gasteiger partial charge in [0.1, 0.15) is 0 Å². The summed E-state index contributed by atoms with van der Waals surface area (Å²) < 4.78 is 24.8. The molecule has 0 aliphatic heterocycles. The zero-order valence-electron chi connectivity index (χ0n) is 68.4. The van der Waals surface area contributed by atoms with Crippen molar-refractivity contribution in [1.82, 2.24) is 59.5 Å². The Bertz CT molecular complexity index is 5090. The average molecular weight is 1700 g/mol. The Morgan fingerprint density at radius 3 is 1.27 bits per heavy atom. The lowest BCUT2D eigenvalue weighted by Gasteiger charge is -2.19. The Labute approximate surface area is 722 Å². The quantitative estimate of drug-likeness (QED) is 0.00420. The molecule has 0 saturated carbocycles. The SMILES string of the molecule is C.CC(=O)c1cccnc1.CN(C)/C=C/C(=O)c1cccnc1.COC(=O)c1ccc(CN)cc1.COC(=O)c1ccc(CN=C(N)N)cc1.COC(=O)c1ccc(CNc2nccc(-c3cccnc3)n2)cc1.COC(OC)N(C)C.Cl.Cl.N=C(N)n1cccn1.Nc1ccccc1NC(=O)c1ccc(CNc2nccc(-c3cccnc3)n2)cc1. The highest BCUT2D eigenvalue weighted by Crippen LogP contribution is 2.21. The summed E-state index contributed by atoms with van der Waals surface area (Å²) in [5, 5.41) is 19.7. The number of allylic oxidation sites excluding steroid dienone is 1. The van der Waals surface area contributed by atoms with Crippen molar-refractivity contribution in [3.8, 4) is 22.5 Å². The molecule has 0 unspecified atom stereocenters. The van der Waals surface area contributed by atoms with E-state index in [1.165, 1.54) is 39.0 Å². The number of nitrogen functional groups attached to an aromatic ring is 2. The van der Waals surface area contributed by atoms with Gasteiger partial charge >= 0.3 is 17.9 Å². The van der Waals surface area contributed by atoms with Gasteiger partial charge in [-0.15, -0.1) is 24.8 Å². The van der Waals surface area contributed by atoms with Gasteiger partial charge in [-0.3, -0.25) is 44.6 Å². The van der Waals surface area contributed by atoms with Crippen LogP contribution in [0.5, 0.6) is 0 Å². The largest absolute Gasteiger partial charge is 0.465 e. The molecule has 0 saturated heterocycles. The highest BCUT2D eigenvalue weighted by molar-refractivity contribution is 6.06. The number of hydrogen-bond acceptors (Lipinski definition) is 28. The molecule has 33 nitrogen and oxygen atoms in total. The van der Waals surface area contributed by atoms with Crippen molar-refractivity contribution in [2.24, 2.45) is 27.9 Å². The molecular formula is C87H104Cl2N22O11. The lowest BCUT2D eigenvalue weighted by molar-refractivity contribution is -0.179. The number of carbonyl (C=O) groups is 6. The molecule has 0 spiro atoms. The lowest BCUT2D eigenvalue weighted by Crippen LogP contribution is -2.30. The number of guanidine groups is 1. The monoisotopic (exact) mass is 1700 g/mol. The first-order chi connectivity index (χ1) is 57.4. The minimum Gasteiger partial charge on any atom is -0.465 e. The molecule has 0 aliphatic carbocycles. The van der Waals surface area contributed by atoms with Crippen LogP contribution < -0.4 is 44.6 Å². The number of para-hydroxylation sites is 2. The van der Waals surface area contributed by atoms with Gasteiger partial charge in [0.2, 0.25) is 24.3 Å². The number of pyridine rings is 4. The maximum atomic E-state index is 12.4. The Hall–Kier alpha value is -14.6. The first-order valence-electron chi connectivity index (χ1n) is 36.1. The highest BCUT2D eigenvalue weighted by atomic mass is 35.5. The summed E-state index contributed by atoms with van der Waals surface area (Å²) in [5.41, 5.74) is 38.6. The van der Waals surface area contributed by atoms with Gasteiger partial charge in [-0.2, -0.15) is 5.10 Å². The number of nitrogens with zero attached hydrogens (tertiary/aromatic N) is 13. The minimum atomic E-state index is -0.358. The van der Waals surface area contributed by atoms with Gasteiger partial charge in [-0.25, -0.2) is 44.0 Å². The topological polar surface area (TPSA) is 478 Å². The summed E-state index contributed by atoms with van der Waals surface area (Å²) in [6, 6.07) is 55.6. The van der Waals surface area contributed by atoms with E-state index in [1.807, 2.05) is 123 Å². The third-order valence-electron chi connectivity index (χ3n) is 15.5. The van der Waals surface area contributed by atoms with Crippen LogP contribution in [-0.2, 0) is 49.9 Å². The summed E-state index contributed by atoms with van der Waals surface area (Å²) in [6.45, 7) is 3.50. The van der Waals surface area contributed by atoms with E-state index in [0.29, 0.717) is 82.8 Å². The van der Waals surface area contributed by atoms with Gasteiger partial charge in [0, 0.05) is 162 Å². The smallest absolute Gasteiger partial charge is 0.337 e. The van der Waals surface area contributed by atoms with Crippen LogP contribution >= 0.6 is 24.8 Å². The fourth-order valence-corrected chi connectivity index (χ4v) is 9.32. The van der Waals surface area contributed by atoms with Crippen LogP contribution in [0.1, 0.15) is 98.8 Å². The standard InChI is InChI=1S/C23H20N6O.C18H16N4O2.C10H13N3O2.C10H12N2O.C9H11NO2.C7H7NO.C5H13NO2.C4H6N4.CH4.2ClH/c24-19-5-1-2-6-21(19)28-22(30)17-9-7-16(8-10-17)14-27-23-26-13-11-20(29-23)18-4-3-12-25-15-18;1-24-17(23)14-6-4-13(5-7-14)11-21-18-20-10-8-16(22-18)15-3-2-9-19-12-15;1-15-9(14)8-4-2-7(3-5-8)6-13-10(11)12;1-12(2)7-5-10(13)9-4-3-6-11-8-9;1-12-9(11)8-4-2-7(6-10)3-5-8;1-6(9)7-3-2-4-8-5-7;1-6(2)5(7-3)8-4;5-4(6)8-3-1-2-7-8;;;/h1-13,15H,14,24H2,(H,28,30)(H,26,27,29);2-10,12H,11H2,1H3,(H,20,21,22);2-5H,6H2,1H3,(H4,11,12,13);3-8H,1-2H3;2-5H,6,10H2,1H3;2-5H,1H3;5H,1-4H3;1-3H,(H3,5,6);1H4;2*1H/b;;;7-5+;;;;;;;. The molecule has 14 N–H and O–H groups in total. The second-order valence-corrected chi connectivity index (χ2v) is 24.7. The number of carbonyl (C=O) groups excluding carboxylic acids is 6. The molecule has 1 amide bonds. The number of ketones is 2. The molecule has 0 bridgehead atoms.